The Labute approximate surface area is 202 Å². The van der Waals surface area contributed by atoms with E-state index >= 15 is 0 Å². The molecule has 188 valence electrons. The van der Waals surface area contributed by atoms with Crippen molar-refractivity contribution in [3.05, 3.63) is 47.8 Å². The molecule has 1 aromatic carbocycles. The number of nitrogens with zero attached hydrogens (tertiary/aromatic N) is 2. The molecule has 1 aliphatic carbocycles. The van der Waals surface area contributed by atoms with Gasteiger partial charge in [0.05, 0.1) is 33.1 Å². The molecule has 0 spiro atoms. The first-order valence-electron chi connectivity index (χ1n) is 11.6. The zero-order valence-electron chi connectivity index (χ0n) is 19.7. The fourth-order valence-corrected chi connectivity index (χ4v) is 5.01. The Balaban J connectivity index is 1.27. The zero-order valence-corrected chi connectivity index (χ0v) is 19.7. The maximum atomic E-state index is 13.3. The van der Waals surface area contributed by atoms with Crippen LogP contribution in [0.4, 0.5) is 8.78 Å². The Hall–Kier alpha value is -2.98. The van der Waals surface area contributed by atoms with Crippen LogP contribution in [0, 0.1) is 5.92 Å². The highest BCUT2D eigenvalue weighted by atomic mass is 19.3. The monoisotopic (exact) mass is 490 g/mol. The molecule has 1 saturated carbocycles. The zero-order chi connectivity index (χ0) is 24.6. The molecule has 5 rings (SSSR count). The Morgan fingerprint density at radius 3 is 2.74 bits per heavy atom. The number of benzene rings is 1. The summed E-state index contributed by atoms with van der Waals surface area (Å²) in [6, 6.07) is 8.53. The van der Waals surface area contributed by atoms with Gasteiger partial charge in [-0.15, -0.1) is 0 Å². The fraction of sp³-hybridized carbons (Fsp3) is 0.520. The third kappa shape index (κ3) is 4.52. The molecule has 2 atom stereocenters. The van der Waals surface area contributed by atoms with Crippen LogP contribution in [0.3, 0.4) is 0 Å². The van der Waals surface area contributed by atoms with E-state index in [0.717, 1.165) is 5.69 Å². The smallest absolute Gasteiger partial charge is 0.254 e. The van der Waals surface area contributed by atoms with Gasteiger partial charge in [-0.25, -0.2) is 8.78 Å². The van der Waals surface area contributed by atoms with Crippen LogP contribution in [0.25, 0.3) is 0 Å². The number of rotatable bonds is 7. The number of hydrogen-bond donors (Lipinski definition) is 0. The van der Waals surface area contributed by atoms with Gasteiger partial charge in [-0.05, 0) is 24.3 Å². The van der Waals surface area contributed by atoms with E-state index < -0.39 is 11.5 Å². The van der Waals surface area contributed by atoms with Crippen molar-refractivity contribution in [3.63, 3.8) is 0 Å². The Kier molecular flexibility index (Phi) is 6.27. The molecule has 3 fully saturated rings. The van der Waals surface area contributed by atoms with Crippen molar-refractivity contribution in [1.29, 1.82) is 0 Å². The fourth-order valence-electron chi connectivity index (χ4n) is 5.01. The van der Waals surface area contributed by atoms with E-state index in [0.29, 0.717) is 42.3 Å². The van der Waals surface area contributed by atoms with Crippen molar-refractivity contribution in [2.24, 2.45) is 5.92 Å². The largest absolute Gasteiger partial charge is 0.497 e. The van der Waals surface area contributed by atoms with Gasteiger partial charge in [-0.3, -0.25) is 9.78 Å². The standard InChI is InChI=1S/C25H28F2N2O6/c1-31-18-5-7-28-21(10-18)25-6-8-29(13-22(25)34-15-35-25)23(30)17-3-4-19(20(9-17)32-2)33-14-16-11-24(26,27)12-16/h3-5,7,9-10,16,22H,6,8,11-15H2,1-2H3/t22-,25-/m1/s1. The lowest BCUT2D eigenvalue weighted by molar-refractivity contribution is -0.119. The van der Waals surface area contributed by atoms with Crippen molar-refractivity contribution in [2.45, 2.75) is 36.9 Å². The summed E-state index contributed by atoms with van der Waals surface area (Å²) in [7, 11) is 3.08. The number of pyridine rings is 1. The second-order valence-corrected chi connectivity index (χ2v) is 9.20. The molecule has 2 aliphatic heterocycles. The summed E-state index contributed by atoms with van der Waals surface area (Å²) < 4.78 is 54.5. The molecule has 0 unspecified atom stereocenters. The molecule has 0 radical (unpaired) electrons. The van der Waals surface area contributed by atoms with Gasteiger partial charge >= 0.3 is 0 Å². The highest BCUT2D eigenvalue weighted by Gasteiger charge is 2.52. The number of hydrogen-bond acceptors (Lipinski definition) is 7. The van der Waals surface area contributed by atoms with Crippen LogP contribution in [-0.2, 0) is 15.1 Å². The molecule has 8 nitrogen and oxygen atoms in total. The number of carbonyl (C=O) groups is 1. The van der Waals surface area contributed by atoms with Gasteiger partial charge in [0.25, 0.3) is 5.91 Å². The van der Waals surface area contributed by atoms with Crippen molar-refractivity contribution in [1.82, 2.24) is 9.88 Å². The minimum atomic E-state index is -2.59. The normalized spacial score (nSPS) is 25.5. The van der Waals surface area contributed by atoms with Gasteiger partial charge in [0.15, 0.2) is 11.5 Å². The molecular formula is C25H28F2N2O6. The summed E-state index contributed by atoms with van der Waals surface area (Å²) in [6.45, 7) is 1.10. The van der Waals surface area contributed by atoms with Crippen molar-refractivity contribution in [3.8, 4) is 17.2 Å². The predicted molar refractivity (Wildman–Crippen MR) is 120 cm³/mol. The minimum Gasteiger partial charge on any atom is -0.497 e. The van der Waals surface area contributed by atoms with E-state index in [-0.39, 0.29) is 44.2 Å². The van der Waals surface area contributed by atoms with Crippen LogP contribution >= 0.6 is 0 Å². The maximum absolute atomic E-state index is 13.3. The molecule has 3 aliphatic rings. The van der Waals surface area contributed by atoms with Gasteiger partial charge < -0.3 is 28.6 Å². The Morgan fingerprint density at radius 2 is 2.00 bits per heavy atom. The molecule has 2 aromatic rings. The number of methoxy groups -OCH3 is 2. The number of likely N-dealkylation sites (tertiary alicyclic amines) is 1. The number of alkyl halides is 2. The van der Waals surface area contributed by atoms with Crippen molar-refractivity contribution >= 4 is 5.91 Å². The molecule has 0 N–H and O–H groups in total. The van der Waals surface area contributed by atoms with E-state index in [1.165, 1.54) is 7.11 Å². The Bertz CT molecular complexity index is 1090. The first-order valence-corrected chi connectivity index (χ1v) is 11.6. The summed E-state index contributed by atoms with van der Waals surface area (Å²) in [5.41, 5.74) is 0.424. The van der Waals surface area contributed by atoms with E-state index in [9.17, 15) is 13.6 Å². The van der Waals surface area contributed by atoms with Gasteiger partial charge in [0.2, 0.25) is 5.92 Å². The summed E-state index contributed by atoms with van der Waals surface area (Å²) in [6.07, 6.45) is 1.49. The lowest BCUT2D eigenvalue weighted by Gasteiger charge is -2.41. The van der Waals surface area contributed by atoms with Crippen molar-refractivity contribution in [2.75, 3.05) is 40.7 Å². The topological polar surface area (TPSA) is 79.4 Å². The second kappa shape index (κ2) is 9.23. The number of piperidine rings is 1. The van der Waals surface area contributed by atoms with Gasteiger partial charge in [0, 0.05) is 49.6 Å². The van der Waals surface area contributed by atoms with E-state index in [1.807, 2.05) is 6.07 Å². The van der Waals surface area contributed by atoms with Gasteiger partial charge in [0.1, 0.15) is 24.2 Å². The average molecular weight is 491 g/mol. The lowest BCUT2D eigenvalue weighted by Crippen LogP contribution is -2.53. The summed E-state index contributed by atoms with van der Waals surface area (Å²) in [5.74, 6) is -1.45. The third-order valence-electron chi connectivity index (χ3n) is 6.99. The second-order valence-electron chi connectivity index (χ2n) is 9.20. The van der Waals surface area contributed by atoms with E-state index in [2.05, 4.69) is 4.98 Å². The van der Waals surface area contributed by atoms with E-state index in [4.69, 9.17) is 23.7 Å². The highest BCUT2D eigenvalue weighted by molar-refractivity contribution is 5.95. The van der Waals surface area contributed by atoms with Crippen LogP contribution in [-0.4, -0.2) is 68.5 Å². The molecule has 1 amide bonds. The lowest BCUT2D eigenvalue weighted by atomic mass is 9.82. The van der Waals surface area contributed by atoms with Gasteiger partial charge in [-0.1, -0.05) is 0 Å². The first kappa shape index (κ1) is 23.7. The van der Waals surface area contributed by atoms with Crippen LogP contribution in [0.5, 0.6) is 17.2 Å². The van der Waals surface area contributed by atoms with Crippen LogP contribution < -0.4 is 14.2 Å². The number of ether oxygens (including phenoxy) is 5. The quantitative estimate of drug-likeness (QED) is 0.586. The Morgan fingerprint density at radius 1 is 1.17 bits per heavy atom. The molecule has 2 saturated heterocycles. The van der Waals surface area contributed by atoms with Gasteiger partial charge in [-0.2, -0.15) is 0 Å². The number of amides is 1. The number of aromatic nitrogens is 1. The van der Waals surface area contributed by atoms with Crippen LogP contribution in [0.1, 0.15) is 35.3 Å². The molecule has 0 bridgehead atoms. The predicted octanol–water partition coefficient (Wildman–Crippen LogP) is 3.64. The third-order valence-corrected chi connectivity index (χ3v) is 6.99. The minimum absolute atomic E-state index is 0.123. The maximum Gasteiger partial charge on any atom is 0.254 e. The average Bonchev–Trinajstić information content (AvgIpc) is 3.30. The molecular weight excluding hydrogens is 462 g/mol. The number of carbonyl (C=O) groups excluding carboxylic acids is 1. The molecule has 3 heterocycles. The molecule has 1 aromatic heterocycles. The number of fused-ring (bicyclic) bond motifs is 1. The number of halogens is 2. The SMILES string of the molecule is COc1ccnc([C@]23CCN(C(=O)c4ccc(OCC5CC(F)(F)C5)c(OC)c4)C[C@H]2OCO3)c1. The van der Waals surface area contributed by atoms with Crippen LogP contribution in [0.15, 0.2) is 36.5 Å². The molecule has 35 heavy (non-hydrogen) atoms. The van der Waals surface area contributed by atoms with Crippen LogP contribution in [0.2, 0.25) is 0 Å². The first-order chi connectivity index (χ1) is 16.8. The van der Waals surface area contributed by atoms with E-state index in [1.54, 1.807) is 42.5 Å². The molecule has 10 heteroatoms. The highest BCUT2D eigenvalue weighted by Crippen LogP contribution is 2.44. The summed E-state index contributed by atoms with van der Waals surface area (Å²) >= 11 is 0. The summed E-state index contributed by atoms with van der Waals surface area (Å²) in [5, 5.41) is 0. The van der Waals surface area contributed by atoms with Crippen molar-refractivity contribution < 1.29 is 37.3 Å². The summed E-state index contributed by atoms with van der Waals surface area (Å²) in [4.78, 5) is 19.5.